The Balaban J connectivity index is 2.57. The molecule has 0 aromatic carbocycles. The minimum Gasteiger partial charge on any atom is -0.468 e. The number of furan rings is 1. The summed E-state index contributed by atoms with van der Waals surface area (Å²) < 4.78 is 5.39. The van der Waals surface area contributed by atoms with Gasteiger partial charge >= 0.3 is 0 Å². The summed E-state index contributed by atoms with van der Waals surface area (Å²) in [6, 6.07) is 4.36. The van der Waals surface area contributed by atoms with Crippen LogP contribution >= 0.6 is 0 Å². The number of hydrogen-bond donors (Lipinski definition) is 1. The predicted molar refractivity (Wildman–Crippen MR) is 54.6 cm³/mol. The van der Waals surface area contributed by atoms with Crippen LogP contribution in [0.4, 0.5) is 0 Å². The highest BCUT2D eigenvalue weighted by atomic mass is 16.3. The summed E-state index contributed by atoms with van der Waals surface area (Å²) in [6.45, 7) is 7.56. The summed E-state index contributed by atoms with van der Waals surface area (Å²) in [6.07, 6.45) is 2.86. The largest absolute Gasteiger partial charge is 0.468 e. The van der Waals surface area contributed by atoms with Gasteiger partial charge in [0, 0.05) is 0 Å². The highest BCUT2D eigenvalue weighted by Crippen LogP contribution is 2.21. The van der Waals surface area contributed by atoms with E-state index in [-0.39, 0.29) is 0 Å². The van der Waals surface area contributed by atoms with Crippen molar-refractivity contribution < 1.29 is 4.42 Å². The Kier molecular flexibility index (Phi) is 4.03. The second-order valence-electron chi connectivity index (χ2n) is 3.76. The van der Waals surface area contributed by atoms with Gasteiger partial charge in [0.1, 0.15) is 5.76 Å². The minimum atomic E-state index is 0.375. The van der Waals surface area contributed by atoms with Crippen LogP contribution in [0.5, 0.6) is 0 Å². The summed E-state index contributed by atoms with van der Waals surface area (Å²) in [7, 11) is 0. The van der Waals surface area contributed by atoms with Crippen LogP contribution in [-0.4, -0.2) is 6.54 Å². The van der Waals surface area contributed by atoms with Gasteiger partial charge in [-0.1, -0.05) is 20.8 Å². The number of rotatable bonds is 5. The van der Waals surface area contributed by atoms with Crippen molar-refractivity contribution in [1.29, 1.82) is 0 Å². The first-order valence-corrected chi connectivity index (χ1v) is 5.00. The molecular formula is C11H19NO. The predicted octanol–water partition coefficient (Wildman–Crippen LogP) is 2.98. The molecule has 13 heavy (non-hydrogen) atoms. The molecule has 0 bridgehead atoms. The molecule has 1 aromatic heterocycles. The summed E-state index contributed by atoms with van der Waals surface area (Å²) in [5, 5.41) is 3.42. The Bertz CT molecular complexity index is 216. The lowest BCUT2D eigenvalue weighted by molar-refractivity contribution is 0.366. The van der Waals surface area contributed by atoms with Crippen molar-refractivity contribution in [3.8, 4) is 0 Å². The van der Waals surface area contributed by atoms with Gasteiger partial charge in [-0.15, -0.1) is 0 Å². The summed E-state index contributed by atoms with van der Waals surface area (Å²) in [4.78, 5) is 0. The molecule has 0 fully saturated rings. The zero-order valence-electron chi connectivity index (χ0n) is 8.71. The number of nitrogens with one attached hydrogen (secondary N) is 1. The zero-order valence-corrected chi connectivity index (χ0v) is 8.71. The molecule has 1 N–H and O–H groups in total. The third-order valence-electron chi connectivity index (χ3n) is 2.04. The van der Waals surface area contributed by atoms with Crippen molar-refractivity contribution in [3.63, 3.8) is 0 Å². The van der Waals surface area contributed by atoms with Gasteiger partial charge in [0.05, 0.1) is 12.3 Å². The van der Waals surface area contributed by atoms with Crippen LogP contribution in [0.1, 0.15) is 39.0 Å². The van der Waals surface area contributed by atoms with E-state index in [1.54, 1.807) is 6.26 Å². The molecule has 0 aliphatic carbocycles. The normalized spacial score (nSPS) is 13.5. The maximum atomic E-state index is 5.39. The van der Waals surface area contributed by atoms with E-state index in [0.717, 1.165) is 18.7 Å². The van der Waals surface area contributed by atoms with Gasteiger partial charge in [0.25, 0.3) is 0 Å². The molecule has 2 nitrogen and oxygen atoms in total. The smallest absolute Gasteiger partial charge is 0.120 e. The third-order valence-corrected chi connectivity index (χ3v) is 2.04. The molecule has 74 valence electrons. The topological polar surface area (TPSA) is 25.2 Å². The summed E-state index contributed by atoms with van der Waals surface area (Å²) in [5.74, 6) is 1.74. The van der Waals surface area contributed by atoms with E-state index in [1.165, 1.54) is 0 Å². The summed E-state index contributed by atoms with van der Waals surface area (Å²) in [5.41, 5.74) is 0. The molecule has 1 atom stereocenters. The van der Waals surface area contributed by atoms with Gasteiger partial charge in [-0.3, -0.25) is 0 Å². The number of hydrogen-bond acceptors (Lipinski definition) is 2. The van der Waals surface area contributed by atoms with Gasteiger partial charge in [0.2, 0.25) is 0 Å². The van der Waals surface area contributed by atoms with E-state index in [4.69, 9.17) is 4.42 Å². The van der Waals surface area contributed by atoms with Crippen LogP contribution in [0.2, 0.25) is 0 Å². The van der Waals surface area contributed by atoms with Gasteiger partial charge in [-0.05, 0) is 31.0 Å². The molecule has 1 aromatic rings. The Morgan fingerprint density at radius 3 is 2.69 bits per heavy atom. The first-order valence-electron chi connectivity index (χ1n) is 5.00. The van der Waals surface area contributed by atoms with Gasteiger partial charge in [-0.2, -0.15) is 0 Å². The van der Waals surface area contributed by atoms with Crippen molar-refractivity contribution in [1.82, 2.24) is 5.32 Å². The maximum Gasteiger partial charge on any atom is 0.120 e. The van der Waals surface area contributed by atoms with E-state index in [1.807, 2.05) is 12.1 Å². The molecule has 0 aliphatic heterocycles. The molecule has 0 aliphatic rings. The fourth-order valence-corrected chi connectivity index (χ4v) is 1.51. The maximum absolute atomic E-state index is 5.39. The van der Waals surface area contributed by atoms with Crippen LogP contribution in [-0.2, 0) is 0 Å². The zero-order chi connectivity index (χ0) is 9.68. The SMILES string of the molecule is CCNC(CC(C)C)c1ccco1. The van der Waals surface area contributed by atoms with Crippen LogP contribution in [0.3, 0.4) is 0 Å². The highest BCUT2D eigenvalue weighted by molar-refractivity contribution is 5.04. The van der Waals surface area contributed by atoms with Crippen molar-refractivity contribution in [3.05, 3.63) is 24.2 Å². The molecule has 0 saturated heterocycles. The Labute approximate surface area is 80.3 Å². The first-order chi connectivity index (χ1) is 6.24. The fraction of sp³-hybridized carbons (Fsp3) is 0.636. The van der Waals surface area contributed by atoms with Crippen molar-refractivity contribution in [2.75, 3.05) is 6.54 Å². The lowest BCUT2D eigenvalue weighted by atomic mass is 10.0. The van der Waals surface area contributed by atoms with Crippen molar-refractivity contribution in [2.45, 2.75) is 33.2 Å². The van der Waals surface area contributed by atoms with E-state index in [2.05, 4.69) is 26.1 Å². The first kappa shape index (κ1) is 10.3. The molecule has 1 unspecified atom stereocenters. The van der Waals surface area contributed by atoms with Gasteiger partial charge < -0.3 is 9.73 Å². The Morgan fingerprint density at radius 2 is 2.23 bits per heavy atom. The Hall–Kier alpha value is -0.760. The highest BCUT2D eigenvalue weighted by Gasteiger charge is 2.13. The van der Waals surface area contributed by atoms with Crippen molar-refractivity contribution in [2.24, 2.45) is 5.92 Å². The molecule has 0 saturated carbocycles. The minimum absolute atomic E-state index is 0.375. The summed E-state index contributed by atoms with van der Waals surface area (Å²) >= 11 is 0. The third kappa shape index (κ3) is 3.23. The van der Waals surface area contributed by atoms with E-state index >= 15 is 0 Å². The van der Waals surface area contributed by atoms with Crippen LogP contribution in [0.25, 0.3) is 0 Å². The second kappa shape index (κ2) is 5.07. The average molecular weight is 181 g/mol. The van der Waals surface area contributed by atoms with Crippen molar-refractivity contribution >= 4 is 0 Å². The molecular weight excluding hydrogens is 162 g/mol. The quantitative estimate of drug-likeness (QED) is 0.755. The molecule has 0 amide bonds. The molecule has 2 heteroatoms. The van der Waals surface area contributed by atoms with Gasteiger partial charge in [0.15, 0.2) is 0 Å². The molecule has 1 heterocycles. The standard InChI is InChI=1S/C11H19NO/c1-4-12-10(8-9(2)3)11-6-5-7-13-11/h5-7,9-10,12H,4,8H2,1-3H3. The van der Waals surface area contributed by atoms with Crippen LogP contribution in [0, 0.1) is 5.92 Å². The van der Waals surface area contributed by atoms with Crippen LogP contribution in [0.15, 0.2) is 22.8 Å². The monoisotopic (exact) mass is 181 g/mol. The molecule has 0 radical (unpaired) electrons. The molecule has 1 rings (SSSR count). The van der Waals surface area contributed by atoms with Gasteiger partial charge in [-0.25, -0.2) is 0 Å². The lowest BCUT2D eigenvalue weighted by Gasteiger charge is -2.17. The Morgan fingerprint density at radius 1 is 1.46 bits per heavy atom. The van der Waals surface area contributed by atoms with E-state index in [0.29, 0.717) is 12.0 Å². The van der Waals surface area contributed by atoms with E-state index < -0.39 is 0 Å². The van der Waals surface area contributed by atoms with Crippen LogP contribution < -0.4 is 5.32 Å². The second-order valence-corrected chi connectivity index (χ2v) is 3.76. The van der Waals surface area contributed by atoms with E-state index in [9.17, 15) is 0 Å². The lowest BCUT2D eigenvalue weighted by Crippen LogP contribution is -2.21. The fourth-order valence-electron chi connectivity index (χ4n) is 1.51. The average Bonchev–Trinajstić information content (AvgIpc) is 2.54. The molecule has 0 spiro atoms.